The topological polar surface area (TPSA) is 93.9 Å². The third-order valence-electron chi connectivity index (χ3n) is 5.57. The highest BCUT2D eigenvalue weighted by atomic mass is 35.5. The van der Waals surface area contributed by atoms with Crippen LogP contribution in [0.5, 0.6) is 11.5 Å². The van der Waals surface area contributed by atoms with Gasteiger partial charge in [0.15, 0.2) is 23.0 Å². The molecular weight excluding hydrogens is 434 g/mol. The Labute approximate surface area is 189 Å². The number of nitrogens with zero attached hydrogens (tertiary/aromatic N) is 2. The number of aromatic nitrogens is 1. The molecule has 0 bridgehead atoms. The molecule has 1 N–H and O–H groups in total. The second-order valence-corrected chi connectivity index (χ2v) is 8.09. The summed E-state index contributed by atoms with van der Waals surface area (Å²) in [5.41, 5.74) is 1.25. The highest BCUT2D eigenvalue weighted by Crippen LogP contribution is 2.35. The number of ether oxygens (including phenoxy) is 2. The zero-order valence-electron chi connectivity index (χ0n) is 17.0. The van der Waals surface area contributed by atoms with Gasteiger partial charge >= 0.3 is 0 Å². The average molecular weight is 454 g/mol. The quantitative estimate of drug-likeness (QED) is 0.616. The molecule has 5 rings (SSSR count). The highest BCUT2D eigenvalue weighted by molar-refractivity contribution is 6.30. The molecule has 3 heterocycles. The summed E-state index contributed by atoms with van der Waals surface area (Å²) >= 11 is 5.95. The average Bonchev–Trinajstić information content (AvgIpc) is 3.49. The fourth-order valence-electron chi connectivity index (χ4n) is 3.95. The Kier molecular flexibility index (Phi) is 5.45. The summed E-state index contributed by atoms with van der Waals surface area (Å²) in [5.74, 6) is 1.18. The number of halogens is 1. The summed E-state index contributed by atoms with van der Waals surface area (Å²) < 4.78 is 16.1. The van der Waals surface area contributed by atoms with Gasteiger partial charge in [-0.3, -0.25) is 9.59 Å². The fraction of sp³-hybridized carbons (Fsp3) is 0.261. The summed E-state index contributed by atoms with van der Waals surface area (Å²) in [6.07, 6.45) is 2.59. The summed E-state index contributed by atoms with van der Waals surface area (Å²) in [4.78, 5) is 27.5. The summed E-state index contributed by atoms with van der Waals surface area (Å²) in [6, 6.07) is 13.3. The maximum absolute atomic E-state index is 13.1. The second kappa shape index (κ2) is 8.55. The SMILES string of the molecule is O=C(Nc1ccc2c(c1)OCO2)c1cc(C2CCCCN2C(=O)c2ccc(Cl)cc2)on1. The third kappa shape index (κ3) is 4.01. The largest absolute Gasteiger partial charge is 0.454 e. The Hall–Kier alpha value is -3.52. The first-order valence-corrected chi connectivity index (χ1v) is 10.7. The van der Waals surface area contributed by atoms with Gasteiger partial charge < -0.3 is 24.2 Å². The molecule has 164 valence electrons. The van der Waals surface area contributed by atoms with Gasteiger partial charge in [-0.05, 0) is 55.7 Å². The molecule has 2 aromatic carbocycles. The fourth-order valence-corrected chi connectivity index (χ4v) is 4.08. The van der Waals surface area contributed by atoms with Crippen LogP contribution in [0.1, 0.15) is 51.9 Å². The van der Waals surface area contributed by atoms with Crippen molar-refractivity contribution >= 4 is 29.1 Å². The van der Waals surface area contributed by atoms with E-state index in [9.17, 15) is 9.59 Å². The maximum Gasteiger partial charge on any atom is 0.277 e. The number of nitrogens with one attached hydrogen (secondary N) is 1. The first-order valence-electron chi connectivity index (χ1n) is 10.3. The minimum atomic E-state index is -0.412. The molecule has 8 nitrogen and oxygen atoms in total. The lowest BCUT2D eigenvalue weighted by molar-refractivity contribution is 0.0570. The molecule has 3 aromatic rings. The van der Waals surface area contributed by atoms with E-state index in [0.29, 0.717) is 40.1 Å². The van der Waals surface area contributed by atoms with Crippen molar-refractivity contribution in [2.45, 2.75) is 25.3 Å². The minimum absolute atomic E-state index is 0.103. The van der Waals surface area contributed by atoms with Gasteiger partial charge in [-0.25, -0.2) is 0 Å². The van der Waals surface area contributed by atoms with Crippen molar-refractivity contribution < 1.29 is 23.6 Å². The highest BCUT2D eigenvalue weighted by Gasteiger charge is 2.32. The van der Waals surface area contributed by atoms with Crippen LogP contribution in [0.3, 0.4) is 0 Å². The molecule has 1 aromatic heterocycles. The number of rotatable bonds is 4. The molecule has 32 heavy (non-hydrogen) atoms. The lowest BCUT2D eigenvalue weighted by atomic mass is 9.98. The van der Waals surface area contributed by atoms with Crippen LogP contribution in [-0.2, 0) is 0 Å². The van der Waals surface area contributed by atoms with E-state index in [0.717, 1.165) is 19.3 Å². The zero-order valence-corrected chi connectivity index (χ0v) is 17.8. The van der Waals surface area contributed by atoms with Gasteiger partial charge in [-0.2, -0.15) is 0 Å². The first kappa shape index (κ1) is 20.4. The maximum atomic E-state index is 13.1. The van der Waals surface area contributed by atoms with Crippen LogP contribution in [0.2, 0.25) is 5.02 Å². The summed E-state index contributed by atoms with van der Waals surface area (Å²) in [7, 11) is 0. The van der Waals surface area contributed by atoms with Crippen LogP contribution < -0.4 is 14.8 Å². The van der Waals surface area contributed by atoms with Crippen LogP contribution in [0.4, 0.5) is 5.69 Å². The number of piperidine rings is 1. The van der Waals surface area contributed by atoms with Crippen molar-refractivity contribution in [1.29, 1.82) is 0 Å². The van der Waals surface area contributed by atoms with E-state index >= 15 is 0 Å². The molecule has 9 heteroatoms. The van der Waals surface area contributed by atoms with E-state index < -0.39 is 5.91 Å². The van der Waals surface area contributed by atoms with E-state index in [2.05, 4.69) is 10.5 Å². The van der Waals surface area contributed by atoms with Crippen LogP contribution in [0.15, 0.2) is 53.1 Å². The van der Waals surface area contributed by atoms with Gasteiger partial charge in [0.05, 0.1) is 6.04 Å². The Morgan fingerprint density at radius 1 is 1.03 bits per heavy atom. The predicted molar refractivity (Wildman–Crippen MR) is 116 cm³/mol. The monoisotopic (exact) mass is 453 g/mol. The number of hydrogen-bond acceptors (Lipinski definition) is 6. The lowest BCUT2D eigenvalue weighted by Gasteiger charge is -2.34. The van der Waals surface area contributed by atoms with Gasteiger partial charge in [0.2, 0.25) is 6.79 Å². The minimum Gasteiger partial charge on any atom is -0.454 e. The Bertz CT molecular complexity index is 1160. The molecule has 1 saturated heterocycles. The van der Waals surface area contributed by atoms with Crippen molar-refractivity contribution in [3.8, 4) is 11.5 Å². The van der Waals surface area contributed by atoms with E-state index in [1.165, 1.54) is 0 Å². The molecule has 2 aliphatic rings. The third-order valence-corrected chi connectivity index (χ3v) is 5.83. The molecule has 0 spiro atoms. The molecule has 1 unspecified atom stereocenters. The van der Waals surface area contributed by atoms with Gasteiger partial charge in [0.1, 0.15) is 0 Å². The second-order valence-electron chi connectivity index (χ2n) is 7.65. The molecular formula is C23H20ClN3O5. The lowest BCUT2D eigenvalue weighted by Crippen LogP contribution is -2.38. The van der Waals surface area contributed by atoms with E-state index in [4.69, 9.17) is 25.6 Å². The van der Waals surface area contributed by atoms with Crippen molar-refractivity contribution in [3.63, 3.8) is 0 Å². The van der Waals surface area contributed by atoms with Gasteiger partial charge in [-0.1, -0.05) is 16.8 Å². The van der Waals surface area contributed by atoms with Crippen LogP contribution in [0, 0.1) is 0 Å². The standard InChI is InChI=1S/C23H20ClN3O5/c24-15-6-4-14(5-7-15)23(29)27-10-2-1-3-18(27)20-12-17(26-32-20)22(28)25-16-8-9-19-21(11-16)31-13-30-19/h4-9,11-12,18H,1-3,10,13H2,(H,25,28). The number of carbonyl (C=O) groups is 2. The van der Waals surface area contributed by atoms with Crippen molar-refractivity contribution in [3.05, 3.63) is 70.6 Å². The van der Waals surface area contributed by atoms with Crippen molar-refractivity contribution in [2.24, 2.45) is 0 Å². The summed E-state index contributed by atoms with van der Waals surface area (Å²) in [5, 5.41) is 7.29. The number of hydrogen-bond donors (Lipinski definition) is 1. The normalized spacial score (nSPS) is 17.3. The van der Waals surface area contributed by atoms with E-state index in [-0.39, 0.29) is 24.4 Å². The molecule has 0 radical (unpaired) electrons. The number of likely N-dealkylation sites (tertiary alicyclic amines) is 1. The zero-order chi connectivity index (χ0) is 22.1. The Morgan fingerprint density at radius 3 is 2.69 bits per heavy atom. The van der Waals surface area contributed by atoms with Gasteiger partial charge in [-0.15, -0.1) is 0 Å². The molecule has 0 saturated carbocycles. The predicted octanol–water partition coefficient (Wildman–Crippen LogP) is 4.68. The smallest absolute Gasteiger partial charge is 0.277 e. The van der Waals surface area contributed by atoms with Gasteiger partial charge in [0.25, 0.3) is 11.8 Å². The van der Waals surface area contributed by atoms with E-state index in [1.54, 1.807) is 53.4 Å². The molecule has 2 aliphatic heterocycles. The van der Waals surface area contributed by atoms with E-state index in [1.807, 2.05) is 0 Å². The number of fused-ring (bicyclic) bond motifs is 1. The molecule has 1 fully saturated rings. The first-order chi connectivity index (χ1) is 15.6. The van der Waals surface area contributed by atoms with Crippen molar-refractivity contribution in [2.75, 3.05) is 18.7 Å². The number of carbonyl (C=O) groups excluding carboxylic acids is 2. The molecule has 2 amide bonds. The summed E-state index contributed by atoms with van der Waals surface area (Å²) in [6.45, 7) is 0.761. The molecule has 1 atom stereocenters. The number of benzene rings is 2. The van der Waals surface area contributed by atoms with Crippen molar-refractivity contribution in [1.82, 2.24) is 10.1 Å². The Morgan fingerprint density at radius 2 is 1.84 bits per heavy atom. The number of anilines is 1. The van der Waals surface area contributed by atoms with Gasteiger partial charge in [0, 0.05) is 35.0 Å². The van der Waals surface area contributed by atoms with Crippen LogP contribution in [-0.4, -0.2) is 35.2 Å². The molecule has 0 aliphatic carbocycles. The Balaban J connectivity index is 1.32. The number of amides is 2. The van der Waals surface area contributed by atoms with Crippen LogP contribution >= 0.6 is 11.6 Å². The van der Waals surface area contributed by atoms with Crippen LogP contribution in [0.25, 0.3) is 0 Å².